The van der Waals surface area contributed by atoms with Crippen molar-refractivity contribution in [3.8, 4) is 11.8 Å². The second-order valence-electron chi connectivity index (χ2n) is 6.80. The molecule has 0 saturated carbocycles. The van der Waals surface area contributed by atoms with E-state index in [9.17, 15) is 0 Å². The number of aryl methyl sites for hydroxylation is 1. The Balaban J connectivity index is 1.73. The number of fused-ring (bicyclic) bond motifs is 1. The molecule has 150 valence electrons. The Labute approximate surface area is 173 Å². The van der Waals surface area contributed by atoms with Crippen LogP contribution < -0.4 is 10.1 Å². The summed E-state index contributed by atoms with van der Waals surface area (Å²) in [4.78, 5) is 9.51. The summed E-state index contributed by atoms with van der Waals surface area (Å²) in [7, 11) is 1.63. The van der Waals surface area contributed by atoms with Gasteiger partial charge < -0.3 is 10.1 Å². The number of aromatic nitrogens is 5. The van der Waals surface area contributed by atoms with E-state index in [-0.39, 0.29) is 0 Å². The van der Waals surface area contributed by atoms with Crippen molar-refractivity contribution in [2.24, 2.45) is 0 Å². The van der Waals surface area contributed by atoms with Crippen molar-refractivity contribution in [1.82, 2.24) is 25.4 Å². The highest BCUT2D eigenvalue weighted by atomic mass is 16.5. The van der Waals surface area contributed by atoms with Crippen LogP contribution in [0.1, 0.15) is 29.6 Å². The number of anilines is 2. The summed E-state index contributed by atoms with van der Waals surface area (Å²) < 4.78 is 5.36. The zero-order valence-electron chi connectivity index (χ0n) is 16.8. The van der Waals surface area contributed by atoms with E-state index in [0.29, 0.717) is 30.3 Å². The van der Waals surface area contributed by atoms with Gasteiger partial charge in [-0.2, -0.15) is 15.6 Å². The lowest BCUT2D eigenvalue weighted by molar-refractivity contribution is 0.415. The van der Waals surface area contributed by atoms with Gasteiger partial charge in [-0.05, 0) is 29.7 Å². The van der Waals surface area contributed by atoms with Gasteiger partial charge in [0.2, 0.25) is 0 Å². The van der Waals surface area contributed by atoms with Gasteiger partial charge in [0.25, 0.3) is 0 Å². The average Bonchev–Trinajstić information content (AvgIpc) is 3.22. The van der Waals surface area contributed by atoms with E-state index in [1.54, 1.807) is 7.11 Å². The molecular weight excluding hydrogens is 378 g/mol. The molecule has 0 unspecified atom stereocenters. The minimum atomic E-state index is 0.401. The number of ether oxygens (including phenoxy) is 1. The van der Waals surface area contributed by atoms with Gasteiger partial charge in [-0.1, -0.05) is 31.2 Å². The van der Waals surface area contributed by atoms with Crippen molar-refractivity contribution >= 4 is 22.5 Å². The zero-order chi connectivity index (χ0) is 20.9. The van der Waals surface area contributed by atoms with E-state index >= 15 is 0 Å². The Hall–Kier alpha value is -3.99. The first-order chi connectivity index (χ1) is 14.7. The van der Waals surface area contributed by atoms with Crippen molar-refractivity contribution in [1.29, 1.82) is 5.26 Å². The Morgan fingerprint density at radius 1 is 1.03 bits per heavy atom. The quantitative estimate of drug-likeness (QED) is 0.487. The number of rotatable bonds is 7. The van der Waals surface area contributed by atoms with Crippen molar-refractivity contribution < 1.29 is 4.74 Å². The first kappa shape index (κ1) is 19.3. The second kappa shape index (κ2) is 8.57. The number of methoxy groups -OCH3 is 1. The third kappa shape index (κ3) is 4.05. The normalized spacial score (nSPS) is 10.7. The standard InChI is InChI=1S/C22H21N7O/c1-3-18-22(28-29-27-18)26-21-17-9-8-16(30-2)13-19(17)24-20(25-21)12-15-6-4-14(5-7-15)10-11-23/h4-9,13H,3,10,12H2,1-2H3,(H2,24,25,26,27,28,29). The molecule has 0 fully saturated rings. The largest absolute Gasteiger partial charge is 0.497 e. The number of H-pyrrole nitrogens is 1. The number of aromatic amines is 1. The lowest BCUT2D eigenvalue weighted by Crippen LogP contribution is -2.04. The molecule has 0 bridgehead atoms. The maximum Gasteiger partial charge on any atom is 0.177 e. The number of benzene rings is 2. The molecule has 8 heteroatoms. The van der Waals surface area contributed by atoms with Crippen molar-refractivity contribution in [2.75, 3.05) is 12.4 Å². The predicted octanol–water partition coefficient (Wildman–Crippen LogP) is 3.72. The summed E-state index contributed by atoms with van der Waals surface area (Å²) in [5, 5.41) is 24.0. The smallest absolute Gasteiger partial charge is 0.177 e. The number of nitrogens with zero attached hydrogens (tertiary/aromatic N) is 5. The topological polar surface area (TPSA) is 112 Å². The van der Waals surface area contributed by atoms with Gasteiger partial charge in [-0.3, -0.25) is 0 Å². The molecule has 2 heterocycles. The maximum atomic E-state index is 8.84. The highest BCUT2D eigenvalue weighted by Gasteiger charge is 2.13. The summed E-state index contributed by atoms with van der Waals surface area (Å²) in [6, 6.07) is 15.8. The fourth-order valence-corrected chi connectivity index (χ4v) is 3.22. The molecule has 0 atom stereocenters. The monoisotopic (exact) mass is 399 g/mol. The number of nitrogens with one attached hydrogen (secondary N) is 2. The molecule has 4 rings (SSSR count). The molecule has 0 aliphatic heterocycles. The molecule has 0 amide bonds. The van der Waals surface area contributed by atoms with Crippen molar-refractivity contribution in [2.45, 2.75) is 26.2 Å². The van der Waals surface area contributed by atoms with Crippen LogP contribution in [0.3, 0.4) is 0 Å². The van der Waals surface area contributed by atoms with Crippen LogP contribution >= 0.6 is 0 Å². The van der Waals surface area contributed by atoms with Crippen LogP contribution in [0.5, 0.6) is 5.75 Å². The van der Waals surface area contributed by atoms with Gasteiger partial charge in [0.15, 0.2) is 5.82 Å². The minimum Gasteiger partial charge on any atom is -0.497 e. The Morgan fingerprint density at radius 3 is 2.57 bits per heavy atom. The summed E-state index contributed by atoms with van der Waals surface area (Å²) in [6.07, 6.45) is 1.71. The molecule has 2 N–H and O–H groups in total. The first-order valence-corrected chi connectivity index (χ1v) is 9.66. The molecule has 0 radical (unpaired) electrons. The molecule has 0 aliphatic rings. The predicted molar refractivity (Wildman–Crippen MR) is 114 cm³/mol. The summed E-state index contributed by atoms with van der Waals surface area (Å²) in [5.41, 5.74) is 3.68. The molecule has 2 aromatic carbocycles. The third-order valence-electron chi connectivity index (χ3n) is 4.81. The summed E-state index contributed by atoms with van der Waals surface area (Å²) in [5.74, 6) is 2.73. The lowest BCUT2D eigenvalue weighted by atomic mass is 10.1. The molecule has 4 aromatic rings. The van der Waals surface area contributed by atoms with Crippen molar-refractivity contribution in [3.05, 3.63) is 65.1 Å². The van der Waals surface area contributed by atoms with Gasteiger partial charge in [0.1, 0.15) is 23.1 Å². The first-order valence-electron chi connectivity index (χ1n) is 9.66. The summed E-state index contributed by atoms with van der Waals surface area (Å²) >= 11 is 0. The Morgan fingerprint density at radius 2 is 1.83 bits per heavy atom. The van der Waals surface area contributed by atoms with Crippen LogP contribution in [0, 0.1) is 11.3 Å². The number of nitriles is 1. The maximum absolute atomic E-state index is 8.84. The van der Waals surface area contributed by atoms with Crippen LogP contribution in [-0.2, 0) is 19.3 Å². The Bertz CT molecular complexity index is 1210. The molecule has 30 heavy (non-hydrogen) atoms. The van der Waals surface area contributed by atoms with E-state index in [4.69, 9.17) is 20.0 Å². The molecule has 2 aromatic heterocycles. The highest BCUT2D eigenvalue weighted by molar-refractivity contribution is 5.91. The van der Waals surface area contributed by atoms with Crippen LogP contribution in [0.15, 0.2) is 42.5 Å². The van der Waals surface area contributed by atoms with Gasteiger partial charge in [0, 0.05) is 17.9 Å². The van der Waals surface area contributed by atoms with E-state index in [2.05, 4.69) is 26.8 Å². The molecule has 0 saturated heterocycles. The summed E-state index contributed by atoms with van der Waals surface area (Å²) in [6.45, 7) is 2.02. The lowest BCUT2D eigenvalue weighted by Gasteiger charge is -2.11. The molecule has 0 aliphatic carbocycles. The van der Waals surface area contributed by atoms with Gasteiger partial charge in [0.05, 0.1) is 25.1 Å². The van der Waals surface area contributed by atoms with Gasteiger partial charge in [-0.25, -0.2) is 9.97 Å². The molecule has 0 spiro atoms. The van der Waals surface area contributed by atoms with E-state index in [1.807, 2.05) is 49.4 Å². The van der Waals surface area contributed by atoms with E-state index in [0.717, 1.165) is 39.9 Å². The fraction of sp³-hybridized carbons (Fsp3) is 0.227. The zero-order valence-corrected chi connectivity index (χ0v) is 16.8. The van der Waals surface area contributed by atoms with Gasteiger partial charge >= 0.3 is 0 Å². The van der Waals surface area contributed by atoms with Crippen molar-refractivity contribution in [3.63, 3.8) is 0 Å². The third-order valence-corrected chi connectivity index (χ3v) is 4.81. The van der Waals surface area contributed by atoms with Crippen LogP contribution in [0.2, 0.25) is 0 Å². The van der Waals surface area contributed by atoms with Crippen LogP contribution in [-0.4, -0.2) is 32.5 Å². The van der Waals surface area contributed by atoms with E-state index < -0.39 is 0 Å². The van der Waals surface area contributed by atoms with Gasteiger partial charge in [-0.15, -0.1) is 5.10 Å². The SMILES string of the molecule is CCc1n[nH]nc1Nc1nc(Cc2ccc(CC#N)cc2)nc2cc(OC)ccc12. The highest BCUT2D eigenvalue weighted by Crippen LogP contribution is 2.28. The Kier molecular flexibility index (Phi) is 5.52. The molecular formula is C22H21N7O. The number of hydrogen-bond donors (Lipinski definition) is 2. The number of hydrogen-bond acceptors (Lipinski definition) is 7. The average molecular weight is 399 g/mol. The van der Waals surface area contributed by atoms with Crippen LogP contribution in [0.25, 0.3) is 10.9 Å². The fourth-order valence-electron chi connectivity index (χ4n) is 3.22. The van der Waals surface area contributed by atoms with E-state index in [1.165, 1.54) is 0 Å². The molecule has 8 nitrogen and oxygen atoms in total. The van der Waals surface area contributed by atoms with Crippen LogP contribution in [0.4, 0.5) is 11.6 Å². The minimum absolute atomic E-state index is 0.401. The second-order valence-corrected chi connectivity index (χ2v) is 6.80.